The minimum Gasteiger partial charge on any atom is -0.508 e. The van der Waals surface area contributed by atoms with Crippen LogP contribution in [-0.2, 0) is 5.88 Å². The molecule has 0 spiro atoms. The van der Waals surface area contributed by atoms with Gasteiger partial charge in [0.15, 0.2) is 5.78 Å². The van der Waals surface area contributed by atoms with E-state index < -0.39 is 0 Å². The summed E-state index contributed by atoms with van der Waals surface area (Å²) >= 11 is 5.86. The molecule has 4 heteroatoms. The van der Waals surface area contributed by atoms with Crippen LogP contribution in [0.25, 0.3) is 6.08 Å². The average Bonchev–Trinajstić information content (AvgIpc) is 2.52. The lowest BCUT2D eigenvalue weighted by atomic mass is 10.1. The lowest BCUT2D eigenvalue weighted by molar-refractivity contribution is 0.104. The molecule has 0 bridgehead atoms. The van der Waals surface area contributed by atoms with Crippen molar-refractivity contribution in [1.29, 1.82) is 0 Å². The van der Waals surface area contributed by atoms with E-state index in [0.717, 1.165) is 16.9 Å². The van der Waals surface area contributed by atoms with E-state index in [-0.39, 0.29) is 11.5 Å². The number of rotatable bonds is 5. The highest BCUT2D eigenvalue weighted by Crippen LogP contribution is 2.22. The van der Waals surface area contributed by atoms with E-state index in [0.29, 0.717) is 11.4 Å². The van der Waals surface area contributed by atoms with Crippen molar-refractivity contribution in [2.45, 2.75) is 5.88 Å². The molecule has 21 heavy (non-hydrogen) atoms. The Bertz CT molecular complexity index is 677. The van der Waals surface area contributed by atoms with Gasteiger partial charge in [-0.05, 0) is 35.9 Å². The first kappa shape index (κ1) is 15.1. The zero-order chi connectivity index (χ0) is 15.2. The minimum absolute atomic E-state index is 0.0723. The number of aromatic hydroxyl groups is 1. The van der Waals surface area contributed by atoms with E-state index in [2.05, 4.69) is 0 Å². The third kappa shape index (κ3) is 3.86. The number of hydrogen-bond donors (Lipinski definition) is 1. The predicted octanol–water partition coefficient (Wildman–Crippen LogP) is 4.04. The van der Waals surface area contributed by atoms with E-state index >= 15 is 0 Å². The Morgan fingerprint density at radius 1 is 1.29 bits per heavy atom. The number of benzene rings is 2. The highest BCUT2D eigenvalue weighted by molar-refractivity contribution is 6.17. The van der Waals surface area contributed by atoms with E-state index in [9.17, 15) is 9.90 Å². The molecule has 0 unspecified atom stereocenters. The Morgan fingerprint density at radius 2 is 2.10 bits per heavy atom. The minimum atomic E-state index is -0.172. The predicted molar refractivity (Wildman–Crippen MR) is 84.0 cm³/mol. The van der Waals surface area contributed by atoms with Crippen molar-refractivity contribution in [1.82, 2.24) is 0 Å². The van der Waals surface area contributed by atoms with Crippen LogP contribution in [0.5, 0.6) is 11.5 Å². The smallest absolute Gasteiger partial charge is 0.185 e. The standard InChI is InChI=1S/C17H15ClO3/c1-21-17-8-6-12(9-14(17)11-18)5-7-16(20)13-3-2-4-15(19)10-13/h2-10,19H,11H2,1H3/b7-5+. The van der Waals surface area contributed by atoms with Crippen molar-refractivity contribution in [3.05, 3.63) is 65.2 Å². The van der Waals surface area contributed by atoms with Gasteiger partial charge in [-0.25, -0.2) is 0 Å². The van der Waals surface area contributed by atoms with Gasteiger partial charge in [-0.2, -0.15) is 0 Å². The van der Waals surface area contributed by atoms with E-state index in [1.54, 1.807) is 25.3 Å². The molecule has 108 valence electrons. The third-order valence-electron chi connectivity index (χ3n) is 3.01. The molecule has 0 heterocycles. The molecule has 2 rings (SSSR count). The van der Waals surface area contributed by atoms with Crippen molar-refractivity contribution < 1.29 is 14.6 Å². The molecule has 0 aliphatic rings. The van der Waals surface area contributed by atoms with E-state index in [1.807, 2.05) is 18.2 Å². The summed E-state index contributed by atoms with van der Waals surface area (Å²) in [6, 6.07) is 11.8. The first-order valence-corrected chi connectivity index (χ1v) is 6.92. The molecule has 0 saturated heterocycles. The number of halogens is 1. The number of ether oxygens (including phenoxy) is 1. The summed E-state index contributed by atoms with van der Waals surface area (Å²) in [6.07, 6.45) is 3.18. The monoisotopic (exact) mass is 302 g/mol. The van der Waals surface area contributed by atoms with Crippen LogP contribution < -0.4 is 4.74 Å². The maximum absolute atomic E-state index is 12.0. The van der Waals surface area contributed by atoms with Gasteiger partial charge in [0.25, 0.3) is 0 Å². The lowest BCUT2D eigenvalue weighted by Crippen LogP contribution is -1.94. The average molecular weight is 303 g/mol. The Balaban J connectivity index is 2.19. The van der Waals surface area contributed by atoms with Crippen LogP contribution in [0.1, 0.15) is 21.5 Å². The second-order valence-corrected chi connectivity index (χ2v) is 4.72. The van der Waals surface area contributed by atoms with Crippen LogP contribution in [-0.4, -0.2) is 18.0 Å². The Kier molecular flexibility index (Phi) is 5.01. The molecule has 3 nitrogen and oxygen atoms in total. The van der Waals surface area contributed by atoms with Crippen LogP contribution in [0, 0.1) is 0 Å². The number of allylic oxidation sites excluding steroid dienone is 1. The molecule has 0 aromatic heterocycles. The van der Waals surface area contributed by atoms with Gasteiger partial charge in [0.2, 0.25) is 0 Å². The largest absolute Gasteiger partial charge is 0.508 e. The molecule has 0 aliphatic heterocycles. The summed E-state index contributed by atoms with van der Waals surface area (Å²) < 4.78 is 5.20. The highest BCUT2D eigenvalue weighted by atomic mass is 35.5. The molecule has 1 N–H and O–H groups in total. The normalized spacial score (nSPS) is 10.8. The van der Waals surface area contributed by atoms with Gasteiger partial charge >= 0.3 is 0 Å². The Labute approximate surface area is 128 Å². The van der Waals surface area contributed by atoms with Crippen LogP contribution in [0.2, 0.25) is 0 Å². The molecular weight excluding hydrogens is 288 g/mol. The fraction of sp³-hybridized carbons (Fsp3) is 0.118. The SMILES string of the molecule is COc1ccc(/C=C/C(=O)c2cccc(O)c2)cc1CCl. The quantitative estimate of drug-likeness (QED) is 0.515. The number of carbonyl (C=O) groups excluding carboxylic acids is 1. The zero-order valence-corrected chi connectivity index (χ0v) is 12.3. The number of methoxy groups -OCH3 is 1. The molecule has 0 amide bonds. The van der Waals surface area contributed by atoms with E-state index in [4.69, 9.17) is 16.3 Å². The summed E-state index contributed by atoms with van der Waals surface area (Å²) in [7, 11) is 1.59. The molecular formula is C17H15ClO3. The summed E-state index contributed by atoms with van der Waals surface area (Å²) in [4.78, 5) is 12.0. The number of phenols is 1. The molecule has 0 aliphatic carbocycles. The van der Waals surface area contributed by atoms with Crippen molar-refractivity contribution in [3.8, 4) is 11.5 Å². The summed E-state index contributed by atoms with van der Waals surface area (Å²) in [5.74, 6) is 0.962. The molecule has 2 aromatic rings. The van der Waals surface area contributed by atoms with Crippen molar-refractivity contribution in [2.75, 3.05) is 7.11 Å². The fourth-order valence-corrected chi connectivity index (χ4v) is 2.14. The van der Waals surface area contributed by atoms with Crippen molar-refractivity contribution >= 4 is 23.5 Å². The van der Waals surface area contributed by atoms with Gasteiger partial charge in [-0.3, -0.25) is 4.79 Å². The molecule has 2 aromatic carbocycles. The first-order valence-electron chi connectivity index (χ1n) is 6.38. The van der Waals surface area contributed by atoms with E-state index in [1.165, 1.54) is 18.2 Å². The maximum Gasteiger partial charge on any atom is 0.185 e. The summed E-state index contributed by atoms with van der Waals surface area (Å²) in [5, 5.41) is 9.37. The zero-order valence-electron chi connectivity index (χ0n) is 11.5. The van der Waals surface area contributed by atoms with Gasteiger partial charge in [0.05, 0.1) is 13.0 Å². The molecule has 0 saturated carbocycles. The van der Waals surface area contributed by atoms with Crippen LogP contribution in [0.4, 0.5) is 0 Å². The van der Waals surface area contributed by atoms with Gasteiger partial charge in [-0.1, -0.05) is 24.3 Å². The molecule has 0 atom stereocenters. The van der Waals surface area contributed by atoms with Crippen LogP contribution in [0.3, 0.4) is 0 Å². The Morgan fingerprint density at radius 3 is 2.76 bits per heavy atom. The van der Waals surface area contributed by atoms with Crippen molar-refractivity contribution in [3.63, 3.8) is 0 Å². The van der Waals surface area contributed by atoms with Gasteiger partial charge in [0, 0.05) is 11.1 Å². The van der Waals surface area contributed by atoms with Gasteiger partial charge < -0.3 is 9.84 Å². The van der Waals surface area contributed by atoms with Gasteiger partial charge in [0.1, 0.15) is 11.5 Å². The fourth-order valence-electron chi connectivity index (χ4n) is 1.93. The maximum atomic E-state index is 12.0. The van der Waals surface area contributed by atoms with Gasteiger partial charge in [-0.15, -0.1) is 11.6 Å². The van der Waals surface area contributed by atoms with Crippen LogP contribution >= 0.6 is 11.6 Å². The summed E-state index contributed by atoms with van der Waals surface area (Å²) in [6.45, 7) is 0. The molecule has 0 fully saturated rings. The number of ketones is 1. The second-order valence-electron chi connectivity index (χ2n) is 4.45. The second kappa shape index (κ2) is 6.95. The third-order valence-corrected chi connectivity index (χ3v) is 3.29. The van der Waals surface area contributed by atoms with Crippen molar-refractivity contribution in [2.24, 2.45) is 0 Å². The number of carbonyl (C=O) groups is 1. The highest BCUT2D eigenvalue weighted by Gasteiger charge is 2.04. The number of hydrogen-bond acceptors (Lipinski definition) is 3. The summed E-state index contributed by atoms with van der Waals surface area (Å²) in [5.41, 5.74) is 2.17. The topological polar surface area (TPSA) is 46.5 Å². The van der Waals surface area contributed by atoms with Crippen LogP contribution in [0.15, 0.2) is 48.5 Å². The number of phenolic OH excluding ortho intramolecular Hbond substituents is 1. The molecule has 0 radical (unpaired) electrons. The Hall–Kier alpha value is -2.26. The first-order chi connectivity index (χ1) is 10.1. The lowest BCUT2D eigenvalue weighted by Gasteiger charge is -2.06. The number of alkyl halides is 1.